The molecule has 0 radical (unpaired) electrons. The van der Waals surface area contributed by atoms with Crippen molar-refractivity contribution < 1.29 is 14.3 Å². The van der Waals surface area contributed by atoms with Gasteiger partial charge in [-0.25, -0.2) is 4.79 Å². The van der Waals surface area contributed by atoms with Crippen LogP contribution in [-0.2, 0) is 16.1 Å². The molecule has 7 heteroatoms. The summed E-state index contributed by atoms with van der Waals surface area (Å²) in [7, 11) is 1.29. The number of halogens is 1. The van der Waals surface area contributed by atoms with Gasteiger partial charge in [0.15, 0.2) is 0 Å². The molecular weight excluding hydrogens is 354 g/mol. The number of methoxy groups -OCH3 is 1. The van der Waals surface area contributed by atoms with E-state index in [2.05, 4.69) is 24.3 Å². The SMILES string of the molecule is COC(=O)c1ccccc1NC(=O)C=Cc1c(C)nn(CC(C)C)c1Cl. The fraction of sp³-hybridized carbons (Fsp3) is 0.316. The Kier molecular flexibility index (Phi) is 6.58. The van der Waals surface area contributed by atoms with Gasteiger partial charge in [0.25, 0.3) is 0 Å². The first-order valence-electron chi connectivity index (χ1n) is 8.22. The standard InChI is InChI=1S/C19H22ClN3O3/c1-12(2)11-23-18(20)14(13(3)22-23)9-10-17(24)21-16-8-6-5-7-15(16)19(25)26-4/h5-10,12H,11H2,1-4H3,(H,21,24). The number of esters is 1. The number of rotatable bonds is 6. The van der Waals surface area contributed by atoms with Crippen molar-refractivity contribution in [1.82, 2.24) is 9.78 Å². The predicted octanol–water partition coefficient (Wildman–Crippen LogP) is 3.94. The number of anilines is 1. The van der Waals surface area contributed by atoms with Crippen LogP contribution in [0, 0.1) is 12.8 Å². The van der Waals surface area contributed by atoms with Crippen LogP contribution in [0.3, 0.4) is 0 Å². The van der Waals surface area contributed by atoms with E-state index in [1.54, 1.807) is 35.0 Å². The summed E-state index contributed by atoms with van der Waals surface area (Å²) < 4.78 is 6.44. The van der Waals surface area contributed by atoms with Crippen molar-refractivity contribution in [2.24, 2.45) is 5.92 Å². The molecule has 2 rings (SSSR count). The third kappa shape index (κ3) is 4.73. The van der Waals surface area contributed by atoms with Crippen molar-refractivity contribution in [2.75, 3.05) is 12.4 Å². The van der Waals surface area contributed by atoms with Crippen LogP contribution in [0.5, 0.6) is 0 Å². The second kappa shape index (κ2) is 8.67. The summed E-state index contributed by atoms with van der Waals surface area (Å²) in [4.78, 5) is 24.0. The van der Waals surface area contributed by atoms with Crippen LogP contribution in [0.25, 0.3) is 6.08 Å². The number of benzene rings is 1. The molecule has 138 valence electrons. The highest BCUT2D eigenvalue weighted by atomic mass is 35.5. The Morgan fingerprint density at radius 3 is 2.69 bits per heavy atom. The first-order chi connectivity index (χ1) is 12.3. The Bertz CT molecular complexity index is 841. The number of hydrogen-bond acceptors (Lipinski definition) is 4. The Labute approximate surface area is 157 Å². The zero-order chi connectivity index (χ0) is 19.3. The third-order valence-electron chi connectivity index (χ3n) is 3.64. The molecule has 0 saturated carbocycles. The lowest BCUT2D eigenvalue weighted by molar-refractivity contribution is -0.111. The molecule has 0 atom stereocenters. The maximum atomic E-state index is 12.2. The highest BCUT2D eigenvalue weighted by Crippen LogP contribution is 2.22. The molecule has 0 bridgehead atoms. The van der Waals surface area contributed by atoms with Crippen LogP contribution < -0.4 is 5.32 Å². The summed E-state index contributed by atoms with van der Waals surface area (Å²) in [5.41, 5.74) is 2.11. The van der Waals surface area contributed by atoms with E-state index in [-0.39, 0.29) is 11.5 Å². The van der Waals surface area contributed by atoms with Crippen molar-refractivity contribution in [3.05, 3.63) is 52.3 Å². The number of carbonyl (C=O) groups is 2. The van der Waals surface area contributed by atoms with Gasteiger partial charge in [-0.1, -0.05) is 37.6 Å². The zero-order valence-electron chi connectivity index (χ0n) is 15.2. The smallest absolute Gasteiger partial charge is 0.339 e. The van der Waals surface area contributed by atoms with Crippen LogP contribution in [0.15, 0.2) is 30.3 Å². The topological polar surface area (TPSA) is 73.2 Å². The Morgan fingerprint density at radius 1 is 1.35 bits per heavy atom. The van der Waals surface area contributed by atoms with Gasteiger partial charge in [-0.3, -0.25) is 9.48 Å². The van der Waals surface area contributed by atoms with E-state index in [4.69, 9.17) is 16.3 Å². The molecule has 6 nitrogen and oxygen atoms in total. The molecular formula is C19H22ClN3O3. The van der Waals surface area contributed by atoms with Crippen LogP contribution in [0.4, 0.5) is 5.69 Å². The molecule has 0 saturated heterocycles. The summed E-state index contributed by atoms with van der Waals surface area (Å²) in [6.07, 6.45) is 2.99. The minimum atomic E-state index is -0.515. The normalized spacial score (nSPS) is 11.2. The molecule has 1 heterocycles. The maximum absolute atomic E-state index is 12.2. The number of nitrogens with one attached hydrogen (secondary N) is 1. The van der Waals surface area contributed by atoms with Crippen molar-refractivity contribution >= 4 is 35.2 Å². The van der Waals surface area contributed by atoms with Crippen molar-refractivity contribution in [1.29, 1.82) is 0 Å². The van der Waals surface area contributed by atoms with Gasteiger partial charge in [0.05, 0.1) is 24.1 Å². The Balaban J connectivity index is 2.17. The van der Waals surface area contributed by atoms with Gasteiger partial charge in [-0.2, -0.15) is 5.10 Å². The molecule has 1 N–H and O–H groups in total. The lowest BCUT2D eigenvalue weighted by Gasteiger charge is -2.07. The predicted molar refractivity (Wildman–Crippen MR) is 102 cm³/mol. The minimum absolute atomic E-state index is 0.288. The number of aryl methyl sites for hydroxylation is 1. The monoisotopic (exact) mass is 375 g/mol. The second-order valence-corrected chi connectivity index (χ2v) is 6.58. The van der Waals surface area contributed by atoms with Crippen molar-refractivity contribution in [3.8, 4) is 0 Å². The molecule has 0 aliphatic heterocycles. The molecule has 0 unspecified atom stereocenters. The lowest BCUT2D eigenvalue weighted by atomic mass is 10.1. The van der Waals surface area contributed by atoms with E-state index in [1.807, 2.05) is 6.92 Å². The van der Waals surface area contributed by atoms with E-state index in [0.29, 0.717) is 28.9 Å². The number of carbonyl (C=O) groups excluding carboxylic acids is 2. The molecule has 2 aromatic rings. The van der Waals surface area contributed by atoms with Gasteiger partial charge in [0.1, 0.15) is 5.15 Å². The number of hydrogen-bond donors (Lipinski definition) is 1. The average Bonchev–Trinajstić information content (AvgIpc) is 2.85. The second-order valence-electron chi connectivity index (χ2n) is 6.23. The van der Waals surface area contributed by atoms with Gasteiger partial charge in [0.2, 0.25) is 5.91 Å². The molecule has 1 aromatic heterocycles. The zero-order valence-corrected chi connectivity index (χ0v) is 16.0. The van der Waals surface area contributed by atoms with Gasteiger partial charge in [-0.05, 0) is 31.1 Å². The number of ether oxygens (including phenoxy) is 1. The lowest BCUT2D eigenvalue weighted by Crippen LogP contribution is -2.12. The van der Waals surface area contributed by atoms with Crippen LogP contribution in [0.1, 0.15) is 35.5 Å². The number of para-hydroxylation sites is 1. The van der Waals surface area contributed by atoms with E-state index >= 15 is 0 Å². The van der Waals surface area contributed by atoms with Gasteiger partial charge in [-0.15, -0.1) is 0 Å². The van der Waals surface area contributed by atoms with Gasteiger partial charge in [0, 0.05) is 18.2 Å². The first-order valence-corrected chi connectivity index (χ1v) is 8.60. The summed E-state index contributed by atoms with van der Waals surface area (Å²) in [6, 6.07) is 6.64. The summed E-state index contributed by atoms with van der Waals surface area (Å²) in [5, 5.41) is 7.57. The maximum Gasteiger partial charge on any atom is 0.339 e. The van der Waals surface area contributed by atoms with Crippen LogP contribution >= 0.6 is 11.6 Å². The molecule has 0 spiro atoms. The molecule has 1 aromatic carbocycles. The van der Waals surface area contributed by atoms with E-state index in [0.717, 1.165) is 5.69 Å². The fourth-order valence-electron chi connectivity index (χ4n) is 2.44. The summed E-state index contributed by atoms with van der Waals surface area (Å²) >= 11 is 6.36. The highest BCUT2D eigenvalue weighted by molar-refractivity contribution is 6.31. The quantitative estimate of drug-likeness (QED) is 0.613. The van der Waals surface area contributed by atoms with E-state index < -0.39 is 5.97 Å². The van der Waals surface area contributed by atoms with Crippen LogP contribution in [-0.4, -0.2) is 28.8 Å². The molecule has 0 aliphatic rings. The fourth-order valence-corrected chi connectivity index (χ4v) is 2.74. The first kappa shape index (κ1) is 19.7. The van der Waals surface area contributed by atoms with Crippen molar-refractivity contribution in [2.45, 2.75) is 27.3 Å². The Hall–Kier alpha value is -2.60. The summed E-state index contributed by atoms with van der Waals surface area (Å²) in [6.45, 7) is 6.70. The molecule has 0 aliphatic carbocycles. The number of aromatic nitrogens is 2. The van der Waals surface area contributed by atoms with Crippen LogP contribution in [0.2, 0.25) is 5.15 Å². The molecule has 0 fully saturated rings. The summed E-state index contributed by atoms with van der Waals surface area (Å²) in [5.74, 6) is -0.492. The minimum Gasteiger partial charge on any atom is -0.465 e. The molecule has 26 heavy (non-hydrogen) atoms. The van der Waals surface area contributed by atoms with Gasteiger partial charge < -0.3 is 10.1 Å². The average molecular weight is 376 g/mol. The van der Waals surface area contributed by atoms with E-state index in [9.17, 15) is 9.59 Å². The largest absolute Gasteiger partial charge is 0.465 e. The van der Waals surface area contributed by atoms with E-state index in [1.165, 1.54) is 13.2 Å². The molecule has 1 amide bonds. The highest BCUT2D eigenvalue weighted by Gasteiger charge is 2.14. The third-order valence-corrected chi connectivity index (χ3v) is 4.04. The number of nitrogens with zero attached hydrogens (tertiary/aromatic N) is 2. The van der Waals surface area contributed by atoms with Crippen molar-refractivity contribution in [3.63, 3.8) is 0 Å². The Morgan fingerprint density at radius 2 is 2.04 bits per heavy atom. The van der Waals surface area contributed by atoms with Gasteiger partial charge >= 0.3 is 5.97 Å². The number of amides is 1.